The quantitative estimate of drug-likeness (QED) is 0.738. The van der Waals surface area contributed by atoms with Crippen molar-refractivity contribution in [2.24, 2.45) is 0 Å². The van der Waals surface area contributed by atoms with E-state index < -0.39 is 5.91 Å². The van der Waals surface area contributed by atoms with Gasteiger partial charge in [-0.15, -0.1) is 0 Å². The van der Waals surface area contributed by atoms with E-state index in [0.717, 1.165) is 12.8 Å². The van der Waals surface area contributed by atoms with Crippen LogP contribution in [0.3, 0.4) is 0 Å². The number of carbonyl (C=O) groups is 2. The van der Waals surface area contributed by atoms with Gasteiger partial charge in [-0.2, -0.15) is 0 Å². The summed E-state index contributed by atoms with van der Waals surface area (Å²) in [5, 5.41) is 3.26. The molecule has 0 aromatic carbocycles. The summed E-state index contributed by atoms with van der Waals surface area (Å²) in [6, 6.07) is 3.55. The first kappa shape index (κ1) is 15.6. The molecule has 0 spiro atoms. The second-order valence-corrected chi connectivity index (χ2v) is 5.40. The van der Waals surface area contributed by atoms with E-state index in [-0.39, 0.29) is 18.2 Å². The second-order valence-electron chi connectivity index (χ2n) is 5.40. The third-order valence-corrected chi connectivity index (χ3v) is 3.72. The van der Waals surface area contributed by atoms with Crippen molar-refractivity contribution in [3.05, 3.63) is 24.2 Å². The third-order valence-electron chi connectivity index (χ3n) is 3.72. The van der Waals surface area contributed by atoms with Crippen LogP contribution in [0.1, 0.15) is 55.5 Å². The van der Waals surface area contributed by atoms with E-state index in [1.54, 1.807) is 6.07 Å². The highest BCUT2D eigenvalue weighted by Gasteiger charge is 2.13. The van der Waals surface area contributed by atoms with Gasteiger partial charge < -0.3 is 9.73 Å². The van der Waals surface area contributed by atoms with Crippen LogP contribution in [-0.2, 0) is 4.79 Å². The molecule has 0 saturated heterocycles. The first-order valence-electron chi connectivity index (χ1n) is 7.62. The SMILES string of the molecule is O=C(CNC1CCCCCCC1)NNC(=O)c1ccco1. The van der Waals surface area contributed by atoms with Gasteiger partial charge in [0.1, 0.15) is 0 Å². The Balaban J connectivity index is 1.63. The van der Waals surface area contributed by atoms with Crippen LogP contribution in [0.25, 0.3) is 0 Å². The van der Waals surface area contributed by atoms with Crippen LogP contribution < -0.4 is 16.2 Å². The van der Waals surface area contributed by atoms with Gasteiger partial charge in [0.25, 0.3) is 5.91 Å². The zero-order chi connectivity index (χ0) is 14.9. The fraction of sp³-hybridized carbons (Fsp3) is 0.600. The van der Waals surface area contributed by atoms with Crippen molar-refractivity contribution in [3.63, 3.8) is 0 Å². The minimum absolute atomic E-state index is 0.170. The molecule has 3 N–H and O–H groups in total. The summed E-state index contributed by atoms with van der Waals surface area (Å²) < 4.78 is 4.93. The molecule has 1 aromatic heterocycles. The van der Waals surface area contributed by atoms with Gasteiger partial charge in [-0.25, -0.2) is 0 Å². The fourth-order valence-corrected chi connectivity index (χ4v) is 2.54. The highest BCUT2D eigenvalue weighted by Crippen LogP contribution is 2.16. The maximum atomic E-state index is 11.7. The van der Waals surface area contributed by atoms with E-state index in [2.05, 4.69) is 16.2 Å². The molecule has 1 fully saturated rings. The van der Waals surface area contributed by atoms with Gasteiger partial charge in [0, 0.05) is 6.04 Å². The number of hydrazine groups is 1. The normalized spacial score (nSPS) is 16.8. The molecular weight excluding hydrogens is 270 g/mol. The predicted octanol–water partition coefficient (Wildman–Crippen LogP) is 1.74. The van der Waals surface area contributed by atoms with Crippen LogP contribution in [0, 0.1) is 0 Å². The summed E-state index contributed by atoms with van der Waals surface area (Å²) >= 11 is 0. The average molecular weight is 293 g/mol. The lowest BCUT2D eigenvalue weighted by Crippen LogP contribution is -2.47. The van der Waals surface area contributed by atoms with Crippen LogP contribution in [-0.4, -0.2) is 24.4 Å². The molecule has 1 heterocycles. The zero-order valence-electron chi connectivity index (χ0n) is 12.2. The highest BCUT2D eigenvalue weighted by atomic mass is 16.3. The van der Waals surface area contributed by atoms with Gasteiger partial charge in [-0.05, 0) is 25.0 Å². The van der Waals surface area contributed by atoms with Crippen molar-refractivity contribution in [1.82, 2.24) is 16.2 Å². The molecule has 0 aliphatic heterocycles. The lowest BCUT2D eigenvalue weighted by molar-refractivity contribution is -0.121. The van der Waals surface area contributed by atoms with Gasteiger partial charge in [0.05, 0.1) is 12.8 Å². The summed E-state index contributed by atoms with van der Waals surface area (Å²) in [6.07, 6.45) is 9.97. The van der Waals surface area contributed by atoms with Crippen molar-refractivity contribution in [3.8, 4) is 0 Å². The topological polar surface area (TPSA) is 83.4 Å². The molecule has 2 amide bonds. The number of nitrogens with one attached hydrogen (secondary N) is 3. The van der Waals surface area contributed by atoms with Gasteiger partial charge in [-0.3, -0.25) is 20.4 Å². The van der Waals surface area contributed by atoms with Gasteiger partial charge in [-0.1, -0.05) is 32.1 Å². The fourth-order valence-electron chi connectivity index (χ4n) is 2.54. The third kappa shape index (κ3) is 5.59. The standard InChI is InChI=1S/C15H23N3O3/c19-14(17-18-15(20)13-9-6-10-21-13)11-16-12-7-4-2-1-3-5-8-12/h6,9-10,12,16H,1-5,7-8,11H2,(H,17,19)(H,18,20). The number of hydrogen-bond donors (Lipinski definition) is 3. The molecule has 6 heteroatoms. The van der Waals surface area contributed by atoms with Crippen LogP contribution in [0.5, 0.6) is 0 Å². The highest BCUT2D eigenvalue weighted by molar-refractivity contribution is 5.93. The molecule has 1 aromatic rings. The van der Waals surface area contributed by atoms with E-state index in [4.69, 9.17) is 4.42 Å². The smallest absolute Gasteiger partial charge is 0.305 e. The molecule has 0 radical (unpaired) electrons. The predicted molar refractivity (Wildman–Crippen MR) is 78.4 cm³/mol. The first-order chi connectivity index (χ1) is 10.3. The Morgan fingerprint density at radius 1 is 1.10 bits per heavy atom. The van der Waals surface area contributed by atoms with E-state index >= 15 is 0 Å². The van der Waals surface area contributed by atoms with Crippen LogP contribution >= 0.6 is 0 Å². The number of amides is 2. The lowest BCUT2D eigenvalue weighted by atomic mass is 9.97. The van der Waals surface area contributed by atoms with Crippen LogP contribution in [0.15, 0.2) is 22.8 Å². The Kier molecular flexibility index (Phi) is 6.27. The molecule has 1 aliphatic carbocycles. The van der Waals surface area contributed by atoms with Crippen LogP contribution in [0.2, 0.25) is 0 Å². The molecule has 1 aliphatic rings. The largest absolute Gasteiger partial charge is 0.459 e. The second kappa shape index (κ2) is 8.46. The van der Waals surface area contributed by atoms with Crippen molar-refractivity contribution in [2.45, 2.75) is 51.0 Å². The number of carbonyl (C=O) groups excluding carboxylic acids is 2. The summed E-state index contributed by atoms with van der Waals surface area (Å²) in [5.74, 6) is -0.542. The van der Waals surface area contributed by atoms with Gasteiger partial charge in [0.15, 0.2) is 5.76 Å². The summed E-state index contributed by atoms with van der Waals surface area (Å²) in [4.78, 5) is 23.3. The Labute approximate surface area is 124 Å². The maximum Gasteiger partial charge on any atom is 0.305 e. The minimum Gasteiger partial charge on any atom is -0.459 e. The van der Waals surface area contributed by atoms with E-state index in [0.29, 0.717) is 6.04 Å². The number of furan rings is 1. The number of hydrogen-bond acceptors (Lipinski definition) is 4. The Morgan fingerprint density at radius 3 is 2.48 bits per heavy atom. The molecule has 2 rings (SSSR count). The monoisotopic (exact) mass is 293 g/mol. The summed E-state index contributed by atoms with van der Waals surface area (Å²) in [5.41, 5.74) is 4.70. The van der Waals surface area contributed by atoms with E-state index in [1.807, 2.05) is 0 Å². The molecule has 21 heavy (non-hydrogen) atoms. The van der Waals surface area contributed by atoms with Gasteiger partial charge in [0.2, 0.25) is 0 Å². The molecule has 0 bridgehead atoms. The van der Waals surface area contributed by atoms with Crippen molar-refractivity contribution in [2.75, 3.05) is 6.54 Å². The molecular formula is C15H23N3O3. The zero-order valence-corrected chi connectivity index (χ0v) is 12.2. The van der Waals surface area contributed by atoms with E-state index in [1.165, 1.54) is 44.4 Å². The Bertz CT molecular complexity index is 437. The average Bonchev–Trinajstić information content (AvgIpc) is 2.97. The number of rotatable bonds is 4. The first-order valence-corrected chi connectivity index (χ1v) is 7.62. The molecule has 1 saturated carbocycles. The summed E-state index contributed by atoms with van der Waals surface area (Å²) in [7, 11) is 0. The van der Waals surface area contributed by atoms with Crippen molar-refractivity contribution in [1.29, 1.82) is 0 Å². The molecule has 116 valence electrons. The maximum absolute atomic E-state index is 11.7. The van der Waals surface area contributed by atoms with Crippen molar-refractivity contribution < 1.29 is 14.0 Å². The lowest BCUT2D eigenvalue weighted by Gasteiger charge is -2.20. The summed E-state index contributed by atoms with van der Waals surface area (Å²) in [6.45, 7) is 0.211. The van der Waals surface area contributed by atoms with Gasteiger partial charge >= 0.3 is 5.91 Å². The van der Waals surface area contributed by atoms with Crippen LogP contribution in [0.4, 0.5) is 0 Å². The minimum atomic E-state index is -0.459. The van der Waals surface area contributed by atoms with Crippen molar-refractivity contribution >= 4 is 11.8 Å². The van der Waals surface area contributed by atoms with E-state index in [9.17, 15) is 9.59 Å². The molecule has 0 atom stereocenters. The molecule has 6 nitrogen and oxygen atoms in total. The Hall–Kier alpha value is -1.82. The Morgan fingerprint density at radius 2 is 1.81 bits per heavy atom. The molecule has 0 unspecified atom stereocenters.